The minimum Gasteiger partial charge on any atom is -0.268 e. The van der Waals surface area contributed by atoms with Crippen molar-refractivity contribution < 1.29 is 39.5 Å². The van der Waals surface area contributed by atoms with Gasteiger partial charge < -0.3 is 0 Å². The van der Waals surface area contributed by atoms with E-state index in [2.05, 4.69) is 10.1 Å². The Bertz CT molecular complexity index is 1100. The molecule has 0 bridgehead atoms. The molecule has 0 saturated carbocycles. The highest BCUT2D eigenvalue weighted by Gasteiger charge is 2.47. The Balaban J connectivity index is 2.19. The molecule has 2 atom stereocenters. The van der Waals surface area contributed by atoms with Gasteiger partial charge in [0.25, 0.3) is 5.56 Å². The van der Waals surface area contributed by atoms with Crippen LogP contribution in [0.3, 0.4) is 0 Å². The van der Waals surface area contributed by atoms with E-state index in [4.69, 9.17) is 0 Å². The maximum Gasteiger partial charge on any atom is 0.434 e. The molecule has 158 valence electrons. The fourth-order valence-corrected chi connectivity index (χ4v) is 3.23. The number of alkyl halides is 8. The summed E-state index contributed by atoms with van der Waals surface area (Å²) in [4.78, 5) is 15.0. The lowest BCUT2D eigenvalue weighted by atomic mass is 10.1. The largest absolute Gasteiger partial charge is 0.434 e. The standard InChI is InChI=1S/C14H7F9N4OS/c15-1-6(9(17)13(18,19)20)27-3-5(2-24-27)8-10(14(21,22)23)25-12-26(11(8)28)4-7(16)29-12/h2-4,6,9H,1H2. The highest BCUT2D eigenvalue weighted by atomic mass is 32.1. The Morgan fingerprint density at radius 2 is 1.79 bits per heavy atom. The minimum atomic E-state index is -5.45. The van der Waals surface area contributed by atoms with Gasteiger partial charge >= 0.3 is 12.4 Å². The van der Waals surface area contributed by atoms with E-state index in [9.17, 15) is 44.3 Å². The maximum absolute atomic E-state index is 13.5. The SMILES string of the molecule is O=c1c(-c2cnn(C(CF)C(F)C(F)(F)F)c2)c(C(F)(F)F)nc2sc(F)cn12. The first kappa shape index (κ1) is 21.1. The van der Waals surface area contributed by atoms with Gasteiger partial charge in [-0.2, -0.15) is 35.8 Å². The third-order valence-corrected chi connectivity index (χ3v) is 4.58. The number of fused-ring (bicyclic) bond motifs is 1. The fourth-order valence-electron chi connectivity index (χ4n) is 2.53. The molecule has 2 unspecified atom stereocenters. The molecule has 5 nitrogen and oxygen atoms in total. The quantitative estimate of drug-likeness (QED) is 0.561. The van der Waals surface area contributed by atoms with Crippen LogP contribution in [0.4, 0.5) is 39.5 Å². The van der Waals surface area contributed by atoms with E-state index in [0.717, 1.165) is 0 Å². The summed E-state index contributed by atoms with van der Waals surface area (Å²) in [6.07, 6.45) is -12.8. The van der Waals surface area contributed by atoms with Crippen LogP contribution >= 0.6 is 11.3 Å². The fraction of sp³-hybridized carbons (Fsp3) is 0.357. The summed E-state index contributed by atoms with van der Waals surface area (Å²) in [6, 6.07) is -2.52. The molecule has 0 aliphatic rings. The van der Waals surface area contributed by atoms with Gasteiger partial charge in [-0.25, -0.2) is 13.8 Å². The third-order valence-electron chi connectivity index (χ3n) is 3.81. The Morgan fingerprint density at radius 3 is 2.34 bits per heavy atom. The number of nitrogens with zero attached hydrogens (tertiary/aromatic N) is 4. The molecule has 29 heavy (non-hydrogen) atoms. The molecule has 3 aromatic rings. The first-order chi connectivity index (χ1) is 13.3. The number of aromatic nitrogens is 4. The van der Waals surface area contributed by atoms with Crippen molar-refractivity contribution in [2.45, 2.75) is 24.6 Å². The van der Waals surface area contributed by atoms with Crippen molar-refractivity contribution in [3.63, 3.8) is 0 Å². The molecule has 0 amide bonds. The predicted molar refractivity (Wildman–Crippen MR) is 81.5 cm³/mol. The molecule has 3 heterocycles. The van der Waals surface area contributed by atoms with E-state index in [-0.39, 0.29) is 16.0 Å². The summed E-state index contributed by atoms with van der Waals surface area (Å²) in [5, 5.41) is 2.25. The Morgan fingerprint density at radius 1 is 1.14 bits per heavy atom. The topological polar surface area (TPSA) is 52.2 Å². The van der Waals surface area contributed by atoms with Crippen molar-refractivity contribution in [2.24, 2.45) is 0 Å². The van der Waals surface area contributed by atoms with Crippen molar-refractivity contribution in [1.82, 2.24) is 19.2 Å². The molecule has 0 aromatic carbocycles. The summed E-state index contributed by atoms with van der Waals surface area (Å²) in [5.41, 5.74) is -4.97. The molecular formula is C14H7F9N4OS. The first-order valence-electron chi connectivity index (χ1n) is 7.44. The van der Waals surface area contributed by atoms with Gasteiger partial charge in [0, 0.05) is 11.8 Å². The molecular weight excluding hydrogens is 443 g/mol. The highest BCUT2D eigenvalue weighted by molar-refractivity contribution is 7.15. The van der Waals surface area contributed by atoms with E-state index < -0.39 is 63.7 Å². The molecule has 3 rings (SSSR count). The third kappa shape index (κ3) is 3.82. The van der Waals surface area contributed by atoms with Gasteiger partial charge in [-0.05, 0) is 0 Å². The van der Waals surface area contributed by atoms with Crippen molar-refractivity contribution in [3.8, 4) is 11.1 Å². The van der Waals surface area contributed by atoms with Gasteiger partial charge in [0.15, 0.2) is 15.8 Å². The van der Waals surface area contributed by atoms with Crippen LogP contribution in [0.25, 0.3) is 16.1 Å². The Hall–Kier alpha value is -2.58. The second kappa shape index (κ2) is 7.03. The van der Waals surface area contributed by atoms with Crippen LogP contribution in [-0.4, -0.2) is 38.2 Å². The molecule has 15 heteroatoms. The number of hydrogen-bond donors (Lipinski definition) is 0. The Labute approximate surface area is 158 Å². The van der Waals surface area contributed by atoms with Gasteiger partial charge in [-0.1, -0.05) is 11.3 Å². The van der Waals surface area contributed by atoms with Crippen LogP contribution in [0.2, 0.25) is 0 Å². The van der Waals surface area contributed by atoms with Gasteiger partial charge in [-0.3, -0.25) is 13.9 Å². The molecule has 0 N–H and O–H groups in total. The number of thiazole rings is 1. The van der Waals surface area contributed by atoms with Gasteiger partial charge in [0.05, 0.1) is 18.0 Å². The minimum absolute atomic E-state index is 0.135. The molecule has 3 aromatic heterocycles. The van der Waals surface area contributed by atoms with E-state index in [0.29, 0.717) is 23.0 Å². The summed E-state index contributed by atoms with van der Waals surface area (Å²) < 4.78 is 118. The maximum atomic E-state index is 13.5. The number of halogens is 9. The second-order valence-corrected chi connectivity index (χ2v) is 6.66. The zero-order chi connectivity index (χ0) is 21.7. The van der Waals surface area contributed by atoms with Crippen molar-refractivity contribution in [1.29, 1.82) is 0 Å². The molecule has 0 spiro atoms. The van der Waals surface area contributed by atoms with Crippen molar-refractivity contribution in [3.05, 3.63) is 39.8 Å². The highest BCUT2D eigenvalue weighted by Crippen LogP contribution is 2.36. The lowest BCUT2D eigenvalue weighted by molar-refractivity contribution is -0.194. The van der Waals surface area contributed by atoms with E-state index >= 15 is 0 Å². The average Bonchev–Trinajstić information content (AvgIpc) is 3.20. The monoisotopic (exact) mass is 450 g/mol. The van der Waals surface area contributed by atoms with Gasteiger partial charge in [-0.15, -0.1) is 0 Å². The zero-order valence-corrected chi connectivity index (χ0v) is 14.4. The lowest BCUT2D eigenvalue weighted by Gasteiger charge is -2.20. The van der Waals surface area contributed by atoms with Gasteiger partial charge in [0.2, 0.25) is 6.17 Å². The lowest BCUT2D eigenvalue weighted by Crippen LogP contribution is -2.35. The van der Waals surface area contributed by atoms with Crippen LogP contribution in [0.15, 0.2) is 23.4 Å². The molecule has 0 radical (unpaired) electrons. The zero-order valence-electron chi connectivity index (χ0n) is 13.6. The number of hydrogen-bond acceptors (Lipinski definition) is 4. The summed E-state index contributed by atoms with van der Waals surface area (Å²) in [7, 11) is 0. The smallest absolute Gasteiger partial charge is 0.268 e. The van der Waals surface area contributed by atoms with Crippen molar-refractivity contribution in [2.75, 3.05) is 6.67 Å². The number of rotatable bonds is 4. The van der Waals surface area contributed by atoms with Crippen LogP contribution in [-0.2, 0) is 6.18 Å². The van der Waals surface area contributed by atoms with E-state index in [1.807, 2.05) is 0 Å². The van der Waals surface area contributed by atoms with E-state index in [1.165, 1.54) is 0 Å². The molecule has 0 aliphatic heterocycles. The summed E-state index contributed by atoms with van der Waals surface area (Å²) in [6.45, 7) is -1.88. The Kier molecular flexibility index (Phi) is 5.13. The normalized spacial score (nSPS) is 15.1. The summed E-state index contributed by atoms with van der Waals surface area (Å²) >= 11 is 0.161. The average molecular weight is 450 g/mol. The van der Waals surface area contributed by atoms with Gasteiger partial charge in [0.1, 0.15) is 12.7 Å². The molecule has 0 saturated heterocycles. The van der Waals surface area contributed by atoms with E-state index in [1.54, 1.807) is 0 Å². The van der Waals surface area contributed by atoms with Crippen molar-refractivity contribution >= 4 is 16.3 Å². The molecule has 0 fully saturated rings. The van der Waals surface area contributed by atoms with Crippen LogP contribution in [0, 0.1) is 5.13 Å². The van der Waals surface area contributed by atoms with Crippen LogP contribution in [0.5, 0.6) is 0 Å². The summed E-state index contributed by atoms with van der Waals surface area (Å²) in [5.74, 6) is 0. The predicted octanol–water partition coefficient (Wildman–Crippen LogP) is 4.19. The van der Waals surface area contributed by atoms with Crippen LogP contribution < -0.4 is 5.56 Å². The second-order valence-electron chi connectivity index (χ2n) is 5.70. The van der Waals surface area contributed by atoms with Crippen LogP contribution in [0.1, 0.15) is 11.7 Å². The first-order valence-corrected chi connectivity index (χ1v) is 8.26. The molecule has 0 aliphatic carbocycles.